The van der Waals surface area contributed by atoms with Crippen LogP contribution in [0, 0.1) is 5.92 Å². The molecule has 4 fully saturated rings. The average Bonchev–Trinajstić information content (AvgIpc) is 3.12. The second-order valence-corrected chi connectivity index (χ2v) is 9.89. The summed E-state index contributed by atoms with van der Waals surface area (Å²) < 4.78 is 7.28. The number of rotatable bonds is 5. The van der Waals surface area contributed by atoms with Crippen LogP contribution in [0.25, 0.3) is 0 Å². The van der Waals surface area contributed by atoms with E-state index in [9.17, 15) is 4.79 Å². The van der Waals surface area contributed by atoms with E-state index >= 15 is 0 Å². The maximum atomic E-state index is 13.1. The first-order chi connectivity index (χ1) is 14.7. The van der Waals surface area contributed by atoms with E-state index in [1.807, 2.05) is 0 Å². The van der Waals surface area contributed by atoms with Crippen LogP contribution in [0.1, 0.15) is 53.3 Å². The zero-order chi connectivity index (χ0) is 20.5. The molecule has 2 aromatic rings. The third kappa shape index (κ3) is 4.03. The summed E-state index contributed by atoms with van der Waals surface area (Å²) in [7, 11) is 0. The number of amides is 1. The van der Waals surface area contributed by atoms with Crippen LogP contribution in [0.15, 0.2) is 12.5 Å². The van der Waals surface area contributed by atoms with E-state index in [4.69, 9.17) is 16.3 Å². The Morgan fingerprint density at radius 3 is 2.87 bits per heavy atom. The van der Waals surface area contributed by atoms with Crippen molar-refractivity contribution in [3.05, 3.63) is 27.3 Å². The molecule has 5 heterocycles. The van der Waals surface area contributed by atoms with Gasteiger partial charge in [0.15, 0.2) is 5.82 Å². The Balaban J connectivity index is 1.47. The second-order valence-electron chi connectivity index (χ2n) is 8.27. The van der Waals surface area contributed by atoms with Gasteiger partial charge in [-0.25, -0.2) is 4.98 Å². The van der Waals surface area contributed by atoms with E-state index in [1.165, 1.54) is 30.3 Å². The van der Waals surface area contributed by atoms with E-state index in [2.05, 4.69) is 31.1 Å². The lowest BCUT2D eigenvalue weighted by Gasteiger charge is -2.43. The van der Waals surface area contributed by atoms with Crippen molar-refractivity contribution >= 4 is 34.7 Å². The first-order valence-electron chi connectivity index (χ1n) is 10.6. The Bertz CT molecular complexity index is 896. The molecule has 8 nitrogen and oxygen atoms in total. The van der Waals surface area contributed by atoms with Gasteiger partial charge >= 0.3 is 0 Å². The van der Waals surface area contributed by atoms with Crippen LogP contribution in [-0.2, 0) is 0 Å². The lowest BCUT2D eigenvalue weighted by molar-refractivity contribution is 0.0402. The Kier molecular flexibility index (Phi) is 5.86. The Hall–Kier alpha value is -1.81. The summed E-state index contributed by atoms with van der Waals surface area (Å²) in [6.45, 7) is 2.84. The van der Waals surface area contributed by atoms with Gasteiger partial charge in [0, 0.05) is 36.5 Å². The van der Waals surface area contributed by atoms with Crippen LogP contribution in [0.4, 0.5) is 5.82 Å². The molecule has 1 saturated carbocycles. The van der Waals surface area contributed by atoms with Gasteiger partial charge in [-0.2, -0.15) is 5.10 Å². The Morgan fingerprint density at radius 2 is 2.20 bits per heavy atom. The predicted octanol–water partition coefficient (Wildman–Crippen LogP) is 2.83. The van der Waals surface area contributed by atoms with Gasteiger partial charge in [0.2, 0.25) is 0 Å². The number of hydrogen-bond acceptors (Lipinski definition) is 8. The van der Waals surface area contributed by atoms with Crippen molar-refractivity contribution in [2.24, 2.45) is 5.92 Å². The normalized spacial score (nSPS) is 28.3. The molecule has 160 valence electrons. The number of carbonyl (C=O) groups is 1. The van der Waals surface area contributed by atoms with Crippen LogP contribution in [0.5, 0.6) is 5.75 Å². The smallest absolute Gasteiger partial charge is 0.270 e. The maximum absolute atomic E-state index is 13.1. The first kappa shape index (κ1) is 20.1. The number of carbonyl (C=O) groups excluding carboxylic acids is 1. The van der Waals surface area contributed by atoms with Gasteiger partial charge in [0.05, 0.1) is 6.20 Å². The number of ether oxygens (including phenoxy) is 1. The summed E-state index contributed by atoms with van der Waals surface area (Å²) in [5.41, 5.74) is 0.981. The van der Waals surface area contributed by atoms with Crippen molar-refractivity contribution in [1.29, 1.82) is 0 Å². The molecule has 30 heavy (non-hydrogen) atoms. The molecule has 3 aliphatic heterocycles. The molecule has 10 heteroatoms. The molecule has 0 radical (unpaired) electrons. The fourth-order valence-corrected chi connectivity index (χ4v) is 6.23. The van der Waals surface area contributed by atoms with Crippen molar-refractivity contribution in [2.45, 2.75) is 50.2 Å². The molecule has 4 unspecified atom stereocenters. The number of hydrogen-bond donors (Lipinski definition) is 3. The number of piperidine rings is 3. The third-order valence-electron chi connectivity index (χ3n) is 6.37. The number of anilines is 1. The highest BCUT2D eigenvalue weighted by Gasteiger charge is 2.39. The molecule has 2 bridgehead atoms. The van der Waals surface area contributed by atoms with Gasteiger partial charge in [-0.15, -0.1) is 16.4 Å². The molecule has 2 aromatic heterocycles. The molecular formula is C20H25ClN6O2S. The minimum atomic E-state index is -0.272. The average molecular weight is 449 g/mol. The molecule has 0 aromatic carbocycles. The van der Waals surface area contributed by atoms with Gasteiger partial charge in [-0.1, -0.05) is 11.6 Å². The highest BCUT2D eigenvalue weighted by atomic mass is 35.5. The zero-order valence-electron chi connectivity index (χ0n) is 16.6. The van der Waals surface area contributed by atoms with Gasteiger partial charge in [0.1, 0.15) is 27.4 Å². The van der Waals surface area contributed by atoms with Gasteiger partial charge in [-0.3, -0.25) is 4.79 Å². The molecule has 3 N–H and O–H groups in total. The van der Waals surface area contributed by atoms with Crippen molar-refractivity contribution < 1.29 is 9.53 Å². The minimum Gasteiger partial charge on any atom is -0.488 e. The minimum absolute atomic E-state index is 0.109. The predicted molar refractivity (Wildman–Crippen MR) is 116 cm³/mol. The standard InChI is InChI=1S/C20H25ClN6O2S/c21-19-16(12-2-1-5-22-7-12)17(29-14-6-13-4-3-11(14)8-23-13)18(30-19)20(28)27-15-9-25-26-10-24-15/h9-14,22-23H,1-8H2,(H,24,26,27,28). The molecule has 4 aliphatic rings. The number of aromatic nitrogens is 3. The zero-order valence-corrected chi connectivity index (χ0v) is 18.1. The van der Waals surface area contributed by atoms with E-state index in [0.29, 0.717) is 32.7 Å². The van der Waals surface area contributed by atoms with Gasteiger partial charge in [-0.05, 0) is 38.6 Å². The van der Waals surface area contributed by atoms with Crippen molar-refractivity contribution in [2.75, 3.05) is 25.0 Å². The second kappa shape index (κ2) is 8.74. The summed E-state index contributed by atoms with van der Waals surface area (Å²) in [6.07, 6.45) is 8.29. The quantitative estimate of drug-likeness (QED) is 0.646. The molecule has 3 saturated heterocycles. The fraction of sp³-hybridized carbons (Fsp3) is 0.600. The maximum Gasteiger partial charge on any atom is 0.270 e. The van der Waals surface area contributed by atoms with E-state index < -0.39 is 0 Å². The van der Waals surface area contributed by atoms with Gasteiger partial charge in [0.25, 0.3) is 5.91 Å². The Labute approximate surface area is 184 Å². The summed E-state index contributed by atoms with van der Waals surface area (Å²) in [5, 5.41) is 17.3. The van der Waals surface area contributed by atoms with E-state index in [0.717, 1.165) is 50.9 Å². The number of nitrogens with one attached hydrogen (secondary N) is 3. The third-order valence-corrected chi connectivity index (χ3v) is 7.78. The number of fused-ring (bicyclic) bond motifs is 3. The first-order valence-corrected chi connectivity index (χ1v) is 11.8. The van der Waals surface area contributed by atoms with Crippen LogP contribution >= 0.6 is 22.9 Å². The van der Waals surface area contributed by atoms with E-state index in [-0.39, 0.29) is 17.9 Å². The highest BCUT2D eigenvalue weighted by molar-refractivity contribution is 7.18. The molecule has 1 aliphatic carbocycles. The largest absolute Gasteiger partial charge is 0.488 e. The molecule has 6 rings (SSSR count). The van der Waals surface area contributed by atoms with Crippen molar-refractivity contribution in [3.63, 3.8) is 0 Å². The molecule has 4 atom stereocenters. The van der Waals surface area contributed by atoms with Crippen LogP contribution in [0.2, 0.25) is 4.34 Å². The van der Waals surface area contributed by atoms with Gasteiger partial charge < -0.3 is 20.7 Å². The Morgan fingerprint density at radius 1 is 1.27 bits per heavy atom. The lowest BCUT2D eigenvalue weighted by atomic mass is 9.79. The number of thiophene rings is 1. The highest BCUT2D eigenvalue weighted by Crippen LogP contribution is 2.47. The lowest BCUT2D eigenvalue weighted by Crippen LogP contribution is -2.53. The van der Waals surface area contributed by atoms with Crippen LogP contribution < -0.4 is 20.7 Å². The SMILES string of the molecule is O=C(Nc1cnncn1)c1sc(Cl)c(C2CCCNC2)c1OC1CC2CCC1CN2. The molecular weight excluding hydrogens is 424 g/mol. The van der Waals surface area contributed by atoms with E-state index in [1.54, 1.807) is 0 Å². The fourth-order valence-electron chi connectivity index (χ4n) is 4.81. The molecule has 1 amide bonds. The van der Waals surface area contributed by atoms with Crippen molar-refractivity contribution in [1.82, 2.24) is 25.8 Å². The topological polar surface area (TPSA) is 101 Å². The number of nitrogens with zero attached hydrogens (tertiary/aromatic N) is 3. The van der Waals surface area contributed by atoms with Crippen LogP contribution in [0.3, 0.4) is 0 Å². The summed E-state index contributed by atoms with van der Waals surface area (Å²) in [5.74, 6) is 1.46. The van der Waals surface area contributed by atoms with Crippen molar-refractivity contribution in [3.8, 4) is 5.75 Å². The van der Waals surface area contributed by atoms with Crippen LogP contribution in [-0.4, -0.2) is 52.9 Å². The monoisotopic (exact) mass is 448 g/mol. The molecule has 0 spiro atoms. The summed E-state index contributed by atoms with van der Waals surface area (Å²) in [4.78, 5) is 17.7. The summed E-state index contributed by atoms with van der Waals surface area (Å²) >= 11 is 8.00. The number of halogens is 1. The summed E-state index contributed by atoms with van der Waals surface area (Å²) in [6, 6.07) is 0.498.